The Morgan fingerprint density at radius 2 is 1.50 bits per heavy atom. The number of hydrogen-bond donors (Lipinski definition) is 2. The summed E-state index contributed by atoms with van der Waals surface area (Å²) in [5.74, 6) is -0.992. The Kier molecular flexibility index (Phi) is 4.31. The summed E-state index contributed by atoms with van der Waals surface area (Å²) in [5, 5.41) is 10.6. The molecule has 0 spiro atoms. The predicted molar refractivity (Wildman–Crippen MR) is 99.2 cm³/mol. The van der Waals surface area contributed by atoms with E-state index >= 15 is 0 Å². The van der Waals surface area contributed by atoms with Crippen LogP contribution in [0, 0.1) is 0 Å². The van der Waals surface area contributed by atoms with Gasteiger partial charge < -0.3 is 4.57 Å². The van der Waals surface area contributed by atoms with Crippen LogP contribution in [0.15, 0.2) is 66.7 Å². The van der Waals surface area contributed by atoms with E-state index in [-0.39, 0.29) is 17.7 Å². The number of nitrogens with zero attached hydrogens (tertiary/aromatic N) is 1. The molecule has 2 N–H and O–H groups in total. The summed E-state index contributed by atoms with van der Waals surface area (Å²) >= 11 is 0. The number of hydroxylamine groups is 1. The van der Waals surface area contributed by atoms with Gasteiger partial charge in [-0.25, -0.2) is 5.48 Å². The molecule has 142 valence electrons. The minimum Gasteiger partial charge on any atom is -0.336 e. The van der Waals surface area contributed by atoms with Gasteiger partial charge in [0.15, 0.2) is 0 Å². The van der Waals surface area contributed by atoms with E-state index < -0.39 is 17.6 Å². The molecule has 3 aromatic carbocycles. The average Bonchev–Trinajstić information content (AvgIpc) is 3.01. The third kappa shape index (κ3) is 2.99. The van der Waals surface area contributed by atoms with Crippen LogP contribution in [0.4, 0.5) is 13.2 Å². The van der Waals surface area contributed by atoms with Gasteiger partial charge in [-0.05, 0) is 29.8 Å². The highest BCUT2D eigenvalue weighted by Crippen LogP contribution is 2.35. The molecule has 0 aliphatic carbocycles. The van der Waals surface area contributed by atoms with Gasteiger partial charge in [0.05, 0.1) is 5.56 Å². The number of rotatable bonds is 3. The molecule has 4 aromatic rings. The van der Waals surface area contributed by atoms with Crippen LogP contribution in [0.5, 0.6) is 0 Å². The van der Waals surface area contributed by atoms with Gasteiger partial charge in [0.2, 0.25) is 0 Å². The number of aromatic nitrogens is 1. The van der Waals surface area contributed by atoms with Crippen LogP contribution >= 0.6 is 0 Å². The Morgan fingerprint density at radius 3 is 2.04 bits per heavy atom. The maximum atomic E-state index is 13.6. The molecular formula is C21H15F3N2O2. The van der Waals surface area contributed by atoms with Crippen molar-refractivity contribution in [3.05, 3.63) is 83.4 Å². The summed E-state index contributed by atoms with van der Waals surface area (Å²) < 4.78 is 42.8. The zero-order valence-electron chi connectivity index (χ0n) is 14.5. The highest BCUT2D eigenvalue weighted by molar-refractivity contribution is 6.08. The van der Waals surface area contributed by atoms with Crippen LogP contribution in [-0.2, 0) is 12.7 Å². The van der Waals surface area contributed by atoms with Crippen molar-refractivity contribution in [2.45, 2.75) is 12.7 Å². The molecule has 28 heavy (non-hydrogen) atoms. The van der Waals surface area contributed by atoms with Crippen molar-refractivity contribution in [2.75, 3.05) is 0 Å². The van der Waals surface area contributed by atoms with Gasteiger partial charge >= 0.3 is 6.18 Å². The van der Waals surface area contributed by atoms with Gasteiger partial charge in [-0.2, -0.15) is 13.2 Å². The van der Waals surface area contributed by atoms with E-state index in [1.54, 1.807) is 0 Å². The molecule has 4 rings (SSSR count). The third-order valence-corrected chi connectivity index (χ3v) is 4.79. The van der Waals surface area contributed by atoms with E-state index in [2.05, 4.69) is 0 Å². The second-order valence-corrected chi connectivity index (χ2v) is 6.43. The molecule has 0 aliphatic heterocycles. The zero-order valence-corrected chi connectivity index (χ0v) is 14.5. The topological polar surface area (TPSA) is 54.3 Å². The number of benzene rings is 3. The van der Waals surface area contributed by atoms with Gasteiger partial charge in [0, 0.05) is 33.9 Å². The molecule has 0 unspecified atom stereocenters. The van der Waals surface area contributed by atoms with Gasteiger partial charge in [-0.15, -0.1) is 0 Å². The van der Waals surface area contributed by atoms with Crippen molar-refractivity contribution in [2.24, 2.45) is 0 Å². The first-order valence-electron chi connectivity index (χ1n) is 8.50. The largest absolute Gasteiger partial charge is 0.416 e. The second-order valence-electron chi connectivity index (χ2n) is 6.43. The summed E-state index contributed by atoms with van der Waals surface area (Å²) in [7, 11) is 0. The summed E-state index contributed by atoms with van der Waals surface area (Å²) in [6, 6.07) is 18.4. The lowest BCUT2D eigenvalue weighted by atomic mass is 10.0. The number of alkyl halides is 3. The monoisotopic (exact) mass is 384 g/mol. The highest BCUT2D eigenvalue weighted by Gasteiger charge is 2.34. The summed E-state index contributed by atoms with van der Waals surface area (Å²) in [5.41, 5.74) is 1.88. The number of nitrogens with one attached hydrogen (secondary N) is 1. The van der Waals surface area contributed by atoms with Crippen molar-refractivity contribution >= 4 is 27.7 Å². The standard InChI is InChI=1S/C21H15F3N2O2/c22-21(23,24)17-11-13(20(27)25-28)9-10-14(17)12-26-18-7-3-1-5-15(18)16-6-2-4-8-19(16)26/h1-11,28H,12H2,(H,25,27). The quantitative estimate of drug-likeness (QED) is 0.387. The number of amides is 1. The molecule has 0 fully saturated rings. The Labute approximate surface area is 157 Å². The van der Waals surface area contributed by atoms with Crippen LogP contribution in [-0.4, -0.2) is 15.7 Å². The van der Waals surface area contributed by atoms with Crippen molar-refractivity contribution in [1.82, 2.24) is 10.0 Å². The Hall–Kier alpha value is -3.32. The second kappa shape index (κ2) is 6.69. The molecule has 1 amide bonds. The molecule has 0 atom stereocenters. The van der Waals surface area contributed by atoms with Crippen molar-refractivity contribution in [3.8, 4) is 0 Å². The smallest absolute Gasteiger partial charge is 0.336 e. The maximum absolute atomic E-state index is 13.6. The Morgan fingerprint density at radius 1 is 0.929 bits per heavy atom. The first-order valence-corrected chi connectivity index (χ1v) is 8.50. The molecule has 0 radical (unpaired) electrons. The van der Waals surface area contributed by atoms with E-state index in [4.69, 9.17) is 5.21 Å². The SMILES string of the molecule is O=C(NO)c1ccc(Cn2c3ccccc3c3ccccc32)c(C(F)(F)F)c1. The van der Waals surface area contributed by atoms with Gasteiger partial charge in [0.25, 0.3) is 5.91 Å². The first kappa shape index (κ1) is 18.1. The minimum absolute atomic E-state index is 0.0100. The lowest BCUT2D eigenvalue weighted by Crippen LogP contribution is -2.20. The average molecular weight is 384 g/mol. The maximum Gasteiger partial charge on any atom is 0.416 e. The van der Waals surface area contributed by atoms with Gasteiger partial charge in [0.1, 0.15) is 0 Å². The summed E-state index contributed by atoms with van der Waals surface area (Å²) in [6.45, 7) is -0.0100. The Balaban J connectivity index is 1.91. The summed E-state index contributed by atoms with van der Waals surface area (Å²) in [4.78, 5) is 11.5. The molecule has 0 saturated carbocycles. The normalized spacial score (nSPS) is 11.9. The lowest BCUT2D eigenvalue weighted by molar-refractivity contribution is -0.138. The highest BCUT2D eigenvalue weighted by atomic mass is 19.4. The molecule has 1 heterocycles. The van der Waals surface area contributed by atoms with Crippen molar-refractivity contribution < 1.29 is 23.2 Å². The van der Waals surface area contributed by atoms with E-state index in [1.807, 2.05) is 53.1 Å². The number of carbonyl (C=O) groups excluding carboxylic acids is 1. The Bertz CT molecular complexity index is 1140. The minimum atomic E-state index is -4.64. The molecular weight excluding hydrogens is 369 g/mol. The lowest BCUT2D eigenvalue weighted by Gasteiger charge is -2.16. The zero-order chi connectivity index (χ0) is 19.9. The van der Waals surface area contributed by atoms with E-state index in [9.17, 15) is 18.0 Å². The number of hydrogen-bond acceptors (Lipinski definition) is 2. The number of halogens is 3. The van der Waals surface area contributed by atoms with Crippen molar-refractivity contribution in [1.29, 1.82) is 0 Å². The fourth-order valence-electron chi connectivity index (χ4n) is 3.53. The van der Waals surface area contributed by atoms with E-state index in [0.29, 0.717) is 0 Å². The van der Waals surface area contributed by atoms with Gasteiger partial charge in [-0.3, -0.25) is 10.0 Å². The molecule has 4 nitrogen and oxygen atoms in total. The fraction of sp³-hybridized carbons (Fsp3) is 0.0952. The molecule has 0 bridgehead atoms. The molecule has 7 heteroatoms. The van der Waals surface area contributed by atoms with E-state index in [1.165, 1.54) is 17.6 Å². The third-order valence-electron chi connectivity index (χ3n) is 4.79. The van der Waals surface area contributed by atoms with Crippen LogP contribution < -0.4 is 5.48 Å². The molecule has 0 saturated heterocycles. The van der Waals surface area contributed by atoms with Crippen LogP contribution in [0.3, 0.4) is 0 Å². The predicted octanol–water partition coefficient (Wildman–Crippen LogP) is 4.98. The van der Waals surface area contributed by atoms with Crippen molar-refractivity contribution in [3.63, 3.8) is 0 Å². The van der Waals surface area contributed by atoms with Crippen LogP contribution in [0.1, 0.15) is 21.5 Å². The van der Waals surface area contributed by atoms with Gasteiger partial charge in [-0.1, -0.05) is 42.5 Å². The van der Waals surface area contributed by atoms with Crippen LogP contribution in [0.2, 0.25) is 0 Å². The number of para-hydroxylation sites is 2. The number of carbonyl (C=O) groups is 1. The fourth-order valence-corrected chi connectivity index (χ4v) is 3.53. The first-order chi connectivity index (χ1) is 13.4. The summed E-state index contributed by atoms with van der Waals surface area (Å²) in [6.07, 6.45) is -4.64. The number of fused-ring (bicyclic) bond motifs is 3. The molecule has 0 aliphatic rings. The van der Waals surface area contributed by atoms with E-state index in [0.717, 1.165) is 27.9 Å². The van der Waals surface area contributed by atoms with Crippen LogP contribution in [0.25, 0.3) is 21.8 Å². The molecule has 1 aromatic heterocycles.